The molecule has 0 atom stereocenters. The van der Waals surface area contributed by atoms with Gasteiger partial charge in [0.25, 0.3) is 0 Å². The van der Waals surface area contributed by atoms with Crippen molar-refractivity contribution in [3.8, 4) is 39.5 Å². The number of rotatable bonds is 11. The maximum absolute atomic E-state index is 12.9. The second-order valence-electron chi connectivity index (χ2n) is 9.56. The first-order valence-electron chi connectivity index (χ1n) is 13.3. The number of hydrogen-bond donors (Lipinski definition) is 0. The third kappa shape index (κ3) is 8.27. The van der Waals surface area contributed by atoms with Crippen LogP contribution < -0.4 is 14.2 Å². The molecule has 8 heteroatoms. The van der Waals surface area contributed by atoms with Crippen LogP contribution in [0.1, 0.15) is 22.8 Å². The summed E-state index contributed by atoms with van der Waals surface area (Å²) < 4.78 is 33.9. The molecule has 0 saturated heterocycles. The minimum Gasteiger partial charge on any atom is -0.490 e. The third-order valence-corrected chi connectivity index (χ3v) is 6.24. The molecule has 0 radical (unpaired) electrons. The number of carbonyl (C=O) groups is 3. The Kier molecular flexibility index (Phi) is 9.85. The lowest BCUT2D eigenvalue weighted by Gasteiger charge is -2.10. The zero-order valence-corrected chi connectivity index (χ0v) is 23.7. The molecule has 218 valence electrons. The summed E-state index contributed by atoms with van der Waals surface area (Å²) in [5, 5.41) is 0. The topological polar surface area (TPSA) is 88.1 Å². The Labute approximate surface area is 248 Å². The van der Waals surface area contributed by atoms with Gasteiger partial charge in [0.15, 0.2) is 0 Å². The van der Waals surface area contributed by atoms with E-state index in [1.807, 2.05) is 60.7 Å². The van der Waals surface area contributed by atoms with E-state index in [-0.39, 0.29) is 24.5 Å². The van der Waals surface area contributed by atoms with Crippen molar-refractivity contribution in [2.45, 2.75) is 13.8 Å². The van der Waals surface area contributed by atoms with E-state index in [4.69, 9.17) is 18.9 Å². The van der Waals surface area contributed by atoms with Crippen molar-refractivity contribution in [2.75, 3.05) is 13.2 Å². The first-order valence-corrected chi connectivity index (χ1v) is 13.3. The average molecular weight is 581 g/mol. The number of aryl methyl sites for hydroxylation is 1. The van der Waals surface area contributed by atoms with Crippen LogP contribution in [0.3, 0.4) is 0 Å². The van der Waals surface area contributed by atoms with Crippen LogP contribution in [0.15, 0.2) is 116 Å². The van der Waals surface area contributed by atoms with Crippen molar-refractivity contribution in [2.24, 2.45) is 0 Å². The highest BCUT2D eigenvalue weighted by molar-refractivity contribution is 5.92. The molecule has 0 spiro atoms. The monoisotopic (exact) mass is 580 g/mol. The molecule has 0 fully saturated rings. The van der Waals surface area contributed by atoms with E-state index < -0.39 is 23.7 Å². The van der Waals surface area contributed by atoms with Crippen molar-refractivity contribution in [3.05, 3.63) is 127 Å². The van der Waals surface area contributed by atoms with E-state index in [0.29, 0.717) is 22.6 Å². The van der Waals surface area contributed by atoms with Crippen molar-refractivity contribution in [3.63, 3.8) is 0 Å². The molecule has 4 rings (SSSR count). The largest absolute Gasteiger partial charge is 0.490 e. The van der Waals surface area contributed by atoms with E-state index >= 15 is 0 Å². The minimum atomic E-state index is -1.21. The van der Waals surface area contributed by atoms with E-state index in [1.165, 1.54) is 18.2 Å². The van der Waals surface area contributed by atoms with Crippen LogP contribution in [0.2, 0.25) is 0 Å². The Balaban J connectivity index is 1.32. The van der Waals surface area contributed by atoms with Crippen LogP contribution in [0, 0.1) is 6.92 Å². The summed E-state index contributed by atoms with van der Waals surface area (Å²) in [5.74, 6) is -2.27. The lowest BCUT2D eigenvalue weighted by molar-refractivity contribution is -0.139. The molecule has 0 saturated carbocycles. The molecule has 0 N–H and O–H groups in total. The van der Waals surface area contributed by atoms with Gasteiger partial charge in [-0.1, -0.05) is 61.7 Å². The summed E-state index contributed by atoms with van der Waals surface area (Å²) in [6.45, 7) is 10.1. The van der Waals surface area contributed by atoms with Crippen LogP contribution in [0.5, 0.6) is 17.2 Å². The smallest absolute Gasteiger partial charge is 0.371 e. The summed E-state index contributed by atoms with van der Waals surface area (Å²) in [6, 6.07) is 27.1. The Morgan fingerprint density at radius 2 is 1.19 bits per heavy atom. The summed E-state index contributed by atoms with van der Waals surface area (Å²) in [6.07, 6.45) is 0. The molecule has 4 aromatic rings. The lowest BCUT2D eigenvalue weighted by atomic mass is 10.0. The second kappa shape index (κ2) is 13.9. The molecule has 0 aliphatic rings. The predicted molar refractivity (Wildman–Crippen MR) is 161 cm³/mol. The molecule has 0 aliphatic carbocycles. The van der Waals surface area contributed by atoms with Crippen LogP contribution in [-0.4, -0.2) is 31.1 Å². The van der Waals surface area contributed by atoms with Crippen LogP contribution >= 0.6 is 0 Å². The molecule has 0 unspecified atom stereocenters. The zero-order chi connectivity index (χ0) is 30.9. The summed E-state index contributed by atoms with van der Waals surface area (Å²) >= 11 is 0. The Morgan fingerprint density at radius 1 is 0.674 bits per heavy atom. The van der Waals surface area contributed by atoms with Crippen molar-refractivity contribution >= 4 is 17.9 Å². The molecule has 43 heavy (non-hydrogen) atoms. The van der Waals surface area contributed by atoms with Gasteiger partial charge in [0, 0.05) is 5.57 Å². The fraction of sp³-hybridized carbons (Fsp3) is 0.114. The molecule has 0 aromatic heterocycles. The summed E-state index contributed by atoms with van der Waals surface area (Å²) in [7, 11) is 0. The molecule has 4 aromatic carbocycles. The van der Waals surface area contributed by atoms with Gasteiger partial charge in [0.1, 0.15) is 30.5 Å². The molecule has 0 amide bonds. The van der Waals surface area contributed by atoms with Gasteiger partial charge in [0.05, 0.1) is 5.56 Å². The van der Waals surface area contributed by atoms with Gasteiger partial charge in [-0.05, 0) is 84.1 Å². The van der Waals surface area contributed by atoms with Gasteiger partial charge in [0.2, 0.25) is 5.83 Å². The SMILES string of the molecule is C=C(C)C(=O)OCCOc1ccc(-c2ccc(-c3ccc(OC(=O)c4ccc(OC(=O)C(=C)F)c(C)c4)cc3)cc2)cc1. The fourth-order valence-corrected chi connectivity index (χ4v) is 3.94. The van der Waals surface area contributed by atoms with Crippen LogP contribution in [0.4, 0.5) is 4.39 Å². The highest BCUT2D eigenvalue weighted by atomic mass is 19.1. The number of esters is 3. The first kappa shape index (κ1) is 30.5. The molecular formula is C35H29FO7. The van der Waals surface area contributed by atoms with E-state index in [0.717, 1.165) is 22.3 Å². The maximum atomic E-state index is 12.9. The fourth-order valence-electron chi connectivity index (χ4n) is 3.94. The molecule has 7 nitrogen and oxygen atoms in total. The first-order chi connectivity index (χ1) is 20.6. The van der Waals surface area contributed by atoms with Gasteiger partial charge in [-0.2, -0.15) is 4.39 Å². The number of benzene rings is 4. The van der Waals surface area contributed by atoms with Gasteiger partial charge >= 0.3 is 17.9 Å². The van der Waals surface area contributed by atoms with Gasteiger partial charge in [-0.15, -0.1) is 0 Å². The average Bonchev–Trinajstić information content (AvgIpc) is 3.00. The van der Waals surface area contributed by atoms with E-state index in [2.05, 4.69) is 13.2 Å². The molecular weight excluding hydrogens is 551 g/mol. The highest BCUT2D eigenvalue weighted by Crippen LogP contribution is 2.28. The van der Waals surface area contributed by atoms with Crippen molar-refractivity contribution in [1.82, 2.24) is 0 Å². The quantitative estimate of drug-likeness (QED) is 0.0789. The summed E-state index contributed by atoms with van der Waals surface area (Å²) in [5.41, 5.74) is 5.04. The maximum Gasteiger partial charge on any atom is 0.371 e. The van der Waals surface area contributed by atoms with Gasteiger partial charge < -0.3 is 18.9 Å². The molecule has 0 aliphatic heterocycles. The highest BCUT2D eigenvalue weighted by Gasteiger charge is 2.15. The minimum absolute atomic E-state index is 0.123. The predicted octanol–water partition coefficient (Wildman–Crippen LogP) is 7.43. The molecule has 0 bridgehead atoms. The normalized spacial score (nSPS) is 10.4. The zero-order valence-electron chi connectivity index (χ0n) is 23.7. The summed E-state index contributed by atoms with van der Waals surface area (Å²) in [4.78, 5) is 35.5. The Hall–Kier alpha value is -5.50. The second-order valence-corrected chi connectivity index (χ2v) is 9.56. The third-order valence-electron chi connectivity index (χ3n) is 6.24. The lowest BCUT2D eigenvalue weighted by Crippen LogP contribution is -2.12. The van der Waals surface area contributed by atoms with Crippen LogP contribution in [-0.2, 0) is 14.3 Å². The standard InChI is InChI=1S/C35H29FO7/c1-22(2)33(37)41-20-19-40-30-14-9-27(10-15-30)25-5-7-26(8-6-25)28-11-16-31(17-12-28)42-35(39)29-13-18-32(23(3)21-29)43-34(38)24(4)36/h5-18,21H,1,4,19-20H2,2-3H3. The van der Waals surface area contributed by atoms with E-state index in [9.17, 15) is 18.8 Å². The number of carbonyl (C=O) groups excluding carboxylic acids is 3. The van der Waals surface area contributed by atoms with Crippen LogP contribution in [0.25, 0.3) is 22.3 Å². The molecule has 0 heterocycles. The Bertz CT molecular complexity index is 1650. The van der Waals surface area contributed by atoms with Crippen molar-refractivity contribution < 1.29 is 37.7 Å². The number of ether oxygens (including phenoxy) is 4. The van der Waals surface area contributed by atoms with E-state index in [1.54, 1.807) is 26.0 Å². The van der Waals surface area contributed by atoms with Gasteiger partial charge in [-0.25, -0.2) is 14.4 Å². The van der Waals surface area contributed by atoms with Crippen molar-refractivity contribution in [1.29, 1.82) is 0 Å². The Morgan fingerprint density at radius 3 is 1.67 bits per heavy atom. The number of halogens is 1. The van der Waals surface area contributed by atoms with Gasteiger partial charge in [-0.3, -0.25) is 0 Å². The number of hydrogen-bond acceptors (Lipinski definition) is 7.